The van der Waals surface area contributed by atoms with Gasteiger partial charge in [-0.1, -0.05) is 24.3 Å². The lowest BCUT2D eigenvalue weighted by Crippen LogP contribution is -2.31. The largest absolute Gasteiger partial charge is 0.503 e. The van der Waals surface area contributed by atoms with Crippen LogP contribution in [0.2, 0.25) is 0 Å². The number of rotatable bonds is 4. The number of para-hydroxylation sites is 1. The Morgan fingerprint density at radius 2 is 1.74 bits per heavy atom. The third kappa shape index (κ3) is 3.35. The minimum Gasteiger partial charge on any atom is -0.503 e. The van der Waals surface area contributed by atoms with Crippen LogP contribution in [0.15, 0.2) is 53.8 Å². The summed E-state index contributed by atoms with van der Waals surface area (Å²) in [6.45, 7) is 9.47. The highest BCUT2D eigenvalue weighted by molar-refractivity contribution is 7.14. The molecule has 0 fully saturated rings. The Morgan fingerprint density at radius 1 is 1.06 bits per heavy atom. The molecular weight excluding hydrogens is 446 g/mol. The number of hydrogen-bond acceptors (Lipinski definition) is 5. The zero-order valence-electron chi connectivity index (χ0n) is 19.7. The molecule has 6 nitrogen and oxygen atoms in total. The van der Waals surface area contributed by atoms with Crippen molar-refractivity contribution in [2.45, 2.75) is 40.7 Å². The number of amides is 1. The summed E-state index contributed by atoms with van der Waals surface area (Å²) in [5, 5.41) is 12.8. The number of H-pyrrole nitrogens is 1. The molecule has 1 aliphatic rings. The SMILES string of the molecule is Cc1cc(C)cc(N2C(=O)C(O)=C(C(=O)c3sc(C)nc3C)C2c2c(C)[nH]c3ccccc23)c1. The van der Waals surface area contributed by atoms with Crippen LogP contribution in [0.5, 0.6) is 0 Å². The molecule has 1 unspecified atom stereocenters. The lowest BCUT2D eigenvalue weighted by atomic mass is 9.92. The van der Waals surface area contributed by atoms with Gasteiger partial charge in [0.2, 0.25) is 5.78 Å². The molecule has 0 saturated heterocycles. The Morgan fingerprint density at radius 3 is 2.38 bits per heavy atom. The molecule has 3 heterocycles. The van der Waals surface area contributed by atoms with Gasteiger partial charge in [0.25, 0.3) is 5.91 Å². The van der Waals surface area contributed by atoms with Gasteiger partial charge in [-0.15, -0.1) is 11.3 Å². The van der Waals surface area contributed by atoms with Gasteiger partial charge >= 0.3 is 0 Å². The topological polar surface area (TPSA) is 86.3 Å². The number of carbonyl (C=O) groups is 2. The lowest BCUT2D eigenvalue weighted by molar-refractivity contribution is -0.117. The normalized spacial score (nSPS) is 16.2. The van der Waals surface area contributed by atoms with Gasteiger partial charge in [0.1, 0.15) is 0 Å². The second kappa shape index (κ2) is 7.95. The van der Waals surface area contributed by atoms with Crippen molar-refractivity contribution in [2.75, 3.05) is 4.90 Å². The third-order valence-corrected chi connectivity index (χ3v) is 7.34. The fraction of sp³-hybridized carbons (Fsp3) is 0.222. The van der Waals surface area contributed by atoms with Crippen molar-refractivity contribution < 1.29 is 14.7 Å². The van der Waals surface area contributed by atoms with E-state index in [1.807, 2.05) is 70.2 Å². The predicted octanol–water partition coefficient (Wildman–Crippen LogP) is 5.95. The molecule has 2 aromatic carbocycles. The summed E-state index contributed by atoms with van der Waals surface area (Å²) in [5.41, 5.74) is 5.86. The summed E-state index contributed by atoms with van der Waals surface area (Å²) >= 11 is 1.28. The van der Waals surface area contributed by atoms with Crippen LogP contribution < -0.4 is 4.90 Å². The number of aromatic nitrogens is 2. The lowest BCUT2D eigenvalue weighted by Gasteiger charge is -2.28. The van der Waals surface area contributed by atoms with E-state index in [9.17, 15) is 14.7 Å². The third-order valence-electron chi connectivity index (χ3n) is 6.26. The van der Waals surface area contributed by atoms with E-state index >= 15 is 0 Å². The number of aromatic amines is 1. The fourth-order valence-corrected chi connectivity index (χ4v) is 5.86. The average Bonchev–Trinajstić information content (AvgIpc) is 3.37. The zero-order chi connectivity index (χ0) is 24.3. The van der Waals surface area contributed by atoms with E-state index in [1.165, 1.54) is 11.3 Å². The molecule has 1 aliphatic heterocycles. The Kier molecular flexibility index (Phi) is 5.17. The van der Waals surface area contributed by atoms with Crippen molar-refractivity contribution in [3.05, 3.63) is 91.8 Å². The number of fused-ring (bicyclic) bond motifs is 1. The van der Waals surface area contributed by atoms with Crippen LogP contribution in [0.4, 0.5) is 5.69 Å². The first kappa shape index (κ1) is 22.1. The smallest absolute Gasteiger partial charge is 0.294 e. The summed E-state index contributed by atoms with van der Waals surface area (Å²) in [6, 6.07) is 12.9. The molecule has 1 amide bonds. The number of ketones is 1. The van der Waals surface area contributed by atoms with Crippen LogP contribution in [-0.4, -0.2) is 26.8 Å². The van der Waals surface area contributed by atoms with Gasteiger partial charge in [-0.05, 0) is 63.9 Å². The molecule has 5 rings (SSSR count). The number of aryl methyl sites for hydroxylation is 5. The number of nitrogens with zero attached hydrogens (tertiary/aromatic N) is 2. The van der Waals surface area contributed by atoms with E-state index in [1.54, 1.807) is 11.8 Å². The highest BCUT2D eigenvalue weighted by atomic mass is 32.1. The Balaban J connectivity index is 1.79. The van der Waals surface area contributed by atoms with E-state index in [0.29, 0.717) is 16.3 Å². The van der Waals surface area contributed by atoms with Gasteiger partial charge in [-0.3, -0.25) is 14.5 Å². The standard InChI is InChI=1S/C27H25N3O3S/c1-13-10-14(2)12-18(11-13)30-23(21-15(3)29-20-9-7-6-8-19(20)21)22(25(32)27(30)33)24(31)26-16(4)28-17(5)34-26/h6-12,23,29,32H,1-5H3. The van der Waals surface area contributed by atoms with Crippen LogP contribution in [0.1, 0.15) is 48.8 Å². The number of carbonyl (C=O) groups excluding carboxylic acids is 2. The molecule has 0 bridgehead atoms. The molecule has 172 valence electrons. The van der Waals surface area contributed by atoms with Gasteiger partial charge in [-0.2, -0.15) is 0 Å². The number of aliphatic hydroxyl groups excluding tert-OH is 1. The maximum absolute atomic E-state index is 13.9. The number of thiazole rings is 1. The molecule has 4 aromatic rings. The molecule has 34 heavy (non-hydrogen) atoms. The monoisotopic (exact) mass is 471 g/mol. The van der Waals surface area contributed by atoms with E-state index in [2.05, 4.69) is 9.97 Å². The molecule has 2 N–H and O–H groups in total. The minimum atomic E-state index is -0.779. The van der Waals surface area contributed by atoms with Crippen LogP contribution in [-0.2, 0) is 4.79 Å². The van der Waals surface area contributed by atoms with Crippen molar-refractivity contribution in [3.63, 3.8) is 0 Å². The Hall–Kier alpha value is -3.71. The number of benzene rings is 2. The Labute approximate surface area is 201 Å². The van der Waals surface area contributed by atoms with Gasteiger partial charge in [0, 0.05) is 27.8 Å². The first-order valence-corrected chi connectivity index (χ1v) is 11.9. The first-order chi connectivity index (χ1) is 16.2. The molecule has 0 radical (unpaired) electrons. The van der Waals surface area contributed by atoms with E-state index < -0.39 is 17.7 Å². The van der Waals surface area contributed by atoms with Crippen molar-refractivity contribution in [1.29, 1.82) is 0 Å². The van der Waals surface area contributed by atoms with Gasteiger partial charge in [-0.25, -0.2) is 4.98 Å². The van der Waals surface area contributed by atoms with E-state index in [0.717, 1.165) is 38.3 Å². The summed E-state index contributed by atoms with van der Waals surface area (Å²) in [4.78, 5) is 37.2. The quantitative estimate of drug-likeness (QED) is 0.360. The molecule has 0 spiro atoms. The minimum absolute atomic E-state index is 0.0868. The number of hydrogen-bond donors (Lipinski definition) is 2. The van der Waals surface area contributed by atoms with Crippen molar-refractivity contribution >= 4 is 39.6 Å². The summed E-state index contributed by atoms with van der Waals surface area (Å²) in [6.07, 6.45) is 0. The first-order valence-electron chi connectivity index (χ1n) is 11.1. The summed E-state index contributed by atoms with van der Waals surface area (Å²) in [7, 11) is 0. The van der Waals surface area contributed by atoms with Crippen LogP contribution in [0.3, 0.4) is 0 Å². The van der Waals surface area contributed by atoms with Crippen molar-refractivity contribution in [2.24, 2.45) is 0 Å². The highest BCUT2D eigenvalue weighted by Crippen LogP contribution is 2.46. The highest BCUT2D eigenvalue weighted by Gasteiger charge is 2.46. The summed E-state index contributed by atoms with van der Waals surface area (Å²) < 4.78 is 0. The molecule has 7 heteroatoms. The van der Waals surface area contributed by atoms with Crippen LogP contribution >= 0.6 is 11.3 Å². The van der Waals surface area contributed by atoms with Gasteiger partial charge in [0.05, 0.1) is 27.2 Å². The van der Waals surface area contributed by atoms with Gasteiger partial charge in [0.15, 0.2) is 5.76 Å². The van der Waals surface area contributed by atoms with Crippen LogP contribution in [0, 0.1) is 34.6 Å². The molecular formula is C27H25N3O3S. The van der Waals surface area contributed by atoms with E-state index in [-0.39, 0.29) is 11.4 Å². The molecule has 2 aromatic heterocycles. The second-order valence-electron chi connectivity index (χ2n) is 8.87. The average molecular weight is 472 g/mol. The predicted molar refractivity (Wildman–Crippen MR) is 135 cm³/mol. The number of aliphatic hydroxyl groups is 1. The number of nitrogens with one attached hydrogen (secondary N) is 1. The molecule has 0 aliphatic carbocycles. The van der Waals surface area contributed by atoms with Crippen molar-refractivity contribution in [1.82, 2.24) is 9.97 Å². The number of anilines is 1. The maximum Gasteiger partial charge on any atom is 0.294 e. The molecule has 0 saturated carbocycles. The van der Waals surface area contributed by atoms with Crippen LogP contribution in [0.25, 0.3) is 10.9 Å². The van der Waals surface area contributed by atoms with Crippen molar-refractivity contribution in [3.8, 4) is 0 Å². The fourth-order valence-electron chi connectivity index (χ4n) is 4.98. The Bertz CT molecular complexity index is 1510. The van der Waals surface area contributed by atoms with E-state index in [4.69, 9.17) is 0 Å². The van der Waals surface area contributed by atoms with Gasteiger partial charge < -0.3 is 10.1 Å². The molecule has 1 atom stereocenters. The number of Topliss-reactive ketones (excluding diaryl/α,β-unsaturated/α-hetero) is 1. The maximum atomic E-state index is 13.9. The summed E-state index contributed by atoms with van der Waals surface area (Å²) in [5.74, 6) is -1.46. The second-order valence-corrected chi connectivity index (χ2v) is 10.1. The zero-order valence-corrected chi connectivity index (χ0v) is 20.5.